The van der Waals surface area contributed by atoms with Crippen LogP contribution in [0.4, 0.5) is 23.5 Å². The van der Waals surface area contributed by atoms with Crippen molar-refractivity contribution in [3.63, 3.8) is 0 Å². The number of nitrogens with one attached hydrogen (secondary N) is 3. The largest absolute Gasteiger partial charge is 0.368 e. The van der Waals surface area contributed by atoms with Crippen molar-refractivity contribution in [3.05, 3.63) is 0 Å². The summed E-state index contributed by atoms with van der Waals surface area (Å²) < 4.78 is 0. The van der Waals surface area contributed by atoms with Gasteiger partial charge in [0.15, 0.2) is 11.6 Å². The van der Waals surface area contributed by atoms with Crippen LogP contribution in [0.3, 0.4) is 0 Å². The molecule has 0 saturated carbocycles. The van der Waals surface area contributed by atoms with Gasteiger partial charge in [-0.1, -0.05) is 13.8 Å². The van der Waals surface area contributed by atoms with E-state index in [4.69, 9.17) is 9.97 Å². The molecule has 3 rings (SSSR count). The van der Waals surface area contributed by atoms with E-state index in [1.807, 2.05) is 7.05 Å². The van der Waals surface area contributed by atoms with Gasteiger partial charge >= 0.3 is 0 Å². The smallest absolute Gasteiger partial charge is 0.228 e. The number of hydrogen-bond acceptors (Lipinski definition) is 8. The molecule has 0 spiro atoms. The van der Waals surface area contributed by atoms with Gasteiger partial charge in [-0.15, -0.1) is 0 Å². The first kappa shape index (κ1) is 17.4. The lowest BCUT2D eigenvalue weighted by atomic mass is 10.3. The third kappa shape index (κ3) is 3.83. The first-order chi connectivity index (χ1) is 12.3. The summed E-state index contributed by atoms with van der Waals surface area (Å²) in [6, 6.07) is 0. The Hall–Kier alpha value is -2.38. The molecular weight excluding hydrogens is 316 g/mol. The molecule has 1 aliphatic rings. The molecule has 1 fully saturated rings. The number of aromatic nitrogens is 4. The summed E-state index contributed by atoms with van der Waals surface area (Å²) in [6.45, 7) is 7.98. The Kier molecular flexibility index (Phi) is 5.67. The molecule has 1 aliphatic heterocycles. The zero-order valence-corrected chi connectivity index (χ0v) is 15.4. The summed E-state index contributed by atoms with van der Waals surface area (Å²) in [7, 11) is 1.82. The summed E-state index contributed by atoms with van der Waals surface area (Å²) in [5.74, 6) is 2.89. The van der Waals surface area contributed by atoms with E-state index in [-0.39, 0.29) is 0 Å². The van der Waals surface area contributed by atoms with E-state index in [9.17, 15) is 0 Å². The molecule has 25 heavy (non-hydrogen) atoms. The average molecular weight is 344 g/mol. The van der Waals surface area contributed by atoms with Crippen LogP contribution < -0.4 is 20.9 Å². The van der Waals surface area contributed by atoms with Gasteiger partial charge in [-0.2, -0.15) is 9.97 Å². The summed E-state index contributed by atoms with van der Waals surface area (Å²) in [4.78, 5) is 21.0. The van der Waals surface area contributed by atoms with Gasteiger partial charge in [0.1, 0.15) is 11.0 Å². The Morgan fingerprint density at radius 2 is 1.44 bits per heavy atom. The zero-order chi connectivity index (χ0) is 17.6. The topological polar surface area (TPSA) is 90.9 Å². The van der Waals surface area contributed by atoms with Crippen molar-refractivity contribution in [2.75, 3.05) is 54.1 Å². The van der Waals surface area contributed by atoms with Crippen molar-refractivity contribution in [2.24, 2.45) is 0 Å². The van der Waals surface area contributed by atoms with Crippen LogP contribution in [0, 0.1) is 0 Å². The molecule has 0 aromatic carbocycles. The Morgan fingerprint density at radius 1 is 0.840 bits per heavy atom. The van der Waals surface area contributed by atoms with Crippen molar-refractivity contribution in [1.29, 1.82) is 0 Å². The highest BCUT2D eigenvalue weighted by atomic mass is 15.3. The first-order valence-electron chi connectivity index (χ1n) is 9.27. The normalized spacial score (nSPS) is 14.1. The highest BCUT2D eigenvalue weighted by Gasteiger charge is 2.20. The van der Waals surface area contributed by atoms with E-state index in [1.165, 1.54) is 12.8 Å². The third-order valence-corrected chi connectivity index (χ3v) is 4.23. The highest BCUT2D eigenvalue weighted by Crippen LogP contribution is 2.29. The van der Waals surface area contributed by atoms with Gasteiger partial charge < -0.3 is 20.9 Å². The lowest BCUT2D eigenvalue weighted by molar-refractivity contribution is 0.898. The van der Waals surface area contributed by atoms with E-state index < -0.39 is 0 Å². The number of anilines is 4. The molecule has 0 radical (unpaired) electrons. The summed E-state index contributed by atoms with van der Waals surface area (Å²) in [6.07, 6.45) is 4.42. The molecule has 2 aromatic rings. The Bertz CT molecular complexity index is 711. The van der Waals surface area contributed by atoms with E-state index in [0.717, 1.165) is 67.6 Å². The monoisotopic (exact) mass is 344 g/mol. The Morgan fingerprint density at radius 3 is 2.04 bits per heavy atom. The standard InChI is InChI=1S/C17H28N8/c1-4-8-19-14-13-12(21-16(18-3)23-14)15(20-9-5-2)24-17(22-13)25-10-6-7-11-25/h4-11H2,1-3H3,(H,20,22,24)(H2,18,19,21,23). The van der Waals surface area contributed by atoms with E-state index in [2.05, 4.69) is 44.7 Å². The Balaban J connectivity index is 2.13. The van der Waals surface area contributed by atoms with Crippen molar-refractivity contribution >= 4 is 34.6 Å². The molecule has 2 aromatic heterocycles. The molecule has 0 unspecified atom stereocenters. The lowest BCUT2D eigenvalue weighted by Gasteiger charge is -2.19. The maximum Gasteiger partial charge on any atom is 0.228 e. The maximum atomic E-state index is 4.81. The maximum absolute atomic E-state index is 4.81. The number of rotatable bonds is 8. The molecule has 8 heteroatoms. The minimum atomic E-state index is 0.572. The number of hydrogen-bond donors (Lipinski definition) is 3. The fraction of sp³-hybridized carbons (Fsp3) is 0.647. The molecule has 0 amide bonds. The molecule has 3 N–H and O–H groups in total. The lowest BCUT2D eigenvalue weighted by Crippen LogP contribution is -2.22. The Labute approximate surface area is 148 Å². The summed E-state index contributed by atoms with van der Waals surface area (Å²) in [5, 5.41) is 9.83. The zero-order valence-electron chi connectivity index (χ0n) is 15.4. The van der Waals surface area contributed by atoms with Gasteiger partial charge in [-0.25, -0.2) is 9.97 Å². The van der Waals surface area contributed by atoms with Crippen LogP contribution in [0.5, 0.6) is 0 Å². The molecule has 1 saturated heterocycles. The summed E-state index contributed by atoms with van der Waals surface area (Å²) in [5.41, 5.74) is 1.54. The van der Waals surface area contributed by atoms with Crippen LogP contribution in [0.1, 0.15) is 39.5 Å². The van der Waals surface area contributed by atoms with E-state index in [1.54, 1.807) is 0 Å². The predicted molar refractivity (Wildman–Crippen MR) is 104 cm³/mol. The van der Waals surface area contributed by atoms with Crippen LogP contribution in [0.25, 0.3) is 11.0 Å². The minimum absolute atomic E-state index is 0.572. The minimum Gasteiger partial charge on any atom is -0.368 e. The van der Waals surface area contributed by atoms with E-state index in [0.29, 0.717) is 5.95 Å². The van der Waals surface area contributed by atoms with Gasteiger partial charge in [0.05, 0.1) is 0 Å². The van der Waals surface area contributed by atoms with Gasteiger partial charge in [-0.05, 0) is 25.7 Å². The van der Waals surface area contributed by atoms with Crippen molar-refractivity contribution in [3.8, 4) is 0 Å². The quantitative estimate of drug-likeness (QED) is 0.673. The molecule has 8 nitrogen and oxygen atoms in total. The fourth-order valence-corrected chi connectivity index (χ4v) is 2.91. The molecule has 3 heterocycles. The van der Waals surface area contributed by atoms with Crippen LogP contribution in [0.15, 0.2) is 0 Å². The second kappa shape index (κ2) is 8.13. The van der Waals surface area contributed by atoms with Crippen molar-refractivity contribution in [1.82, 2.24) is 19.9 Å². The van der Waals surface area contributed by atoms with Gasteiger partial charge in [0, 0.05) is 33.2 Å². The van der Waals surface area contributed by atoms with Crippen LogP contribution in [0.2, 0.25) is 0 Å². The average Bonchev–Trinajstić information content (AvgIpc) is 3.18. The summed E-state index contributed by atoms with van der Waals surface area (Å²) >= 11 is 0. The fourth-order valence-electron chi connectivity index (χ4n) is 2.91. The van der Waals surface area contributed by atoms with Crippen molar-refractivity contribution < 1.29 is 0 Å². The van der Waals surface area contributed by atoms with Gasteiger partial charge in [0.2, 0.25) is 11.9 Å². The first-order valence-corrected chi connectivity index (χ1v) is 9.27. The van der Waals surface area contributed by atoms with Crippen LogP contribution >= 0.6 is 0 Å². The number of nitrogens with zero attached hydrogens (tertiary/aromatic N) is 5. The molecular formula is C17H28N8. The molecule has 0 aliphatic carbocycles. The van der Waals surface area contributed by atoms with Crippen LogP contribution in [-0.4, -0.2) is 53.2 Å². The highest BCUT2D eigenvalue weighted by molar-refractivity contribution is 5.94. The second-order valence-corrected chi connectivity index (χ2v) is 6.26. The van der Waals surface area contributed by atoms with E-state index >= 15 is 0 Å². The van der Waals surface area contributed by atoms with Gasteiger partial charge in [0.25, 0.3) is 0 Å². The molecule has 136 valence electrons. The van der Waals surface area contributed by atoms with Crippen LogP contribution in [-0.2, 0) is 0 Å². The molecule has 0 atom stereocenters. The SMILES string of the molecule is CCCNc1nc(N2CCCC2)nc2c(NCCC)nc(NC)nc12. The van der Waals surface area contributed by atoms with Crippen molar-refractivity contribution in [2.45, 2.75) is 39.5 Å². The second-order valence-electron chi connectivity index (χ2n) is 6.26. The third-order valence-electron chi connectivity index (χ3n) is 4.23. The molecule has 0 bridgehead atoms. The number of fused-ring (bicyclic) bond motifs is 1. The van der Waals surface area contributed by atoms with Gasteiger partial charge in [-0.3, -0.25) is 0 Å². The predicted octanol–water partition coefficient (Wildman–Crippen LogP) is 2.71.